The van der Waals surface area contributed by atoms with Crippen molar-refractivity contribution in [3.05, 3.63) is 105 Å². The van der Waals surface area contributed by atoms with E-state index in [9.17, 15) is 18.8 Å². The van der Waals surface area contributed by atoms with E-state index in [1.165, 1.54) is 17.0 Å². The summed E-state index contributed by atoms with van der Waals surface area (Å²) in [6.07, 6.45) is 7.60. The van der Waals surface area contributed by atoms with E-state index in [4.69, 9.17) is 16.6 Å². The van der Waals surface area contributed by atoms with Crippen molar-refractivity contribution in [2.45, 2.75) is 78.0 Å². The number of aryl methyl sites for hydroxylation is 3. The first-order valence-corrected chi connectivity index (χ1v) is 18.2. The molecule has 5 aromatic rings. The second kappa shape index (κ2) is 13.3. The van der Waals surface area contributed by atoms with Gasteiger partial charge in [-0.3, -0.25) is 33.9 Å². The lowest BCUT2D eigenvalue weighted by molar-refractivity contribution is -0.136. The van der Waals surface area contributed by atoms with Gasteiger partial charge in [-0.2, -0.15) is 5.10 Å². The Labute approximate surface area is 302 Å². The monoisotopic (exact) mass is 724 g/mol. The van der Waals surface area contributed by atoms with Gasteiger partial charge in [0.05, 0.1) is 11.9 Å². The number of hydrogen-bond acceptors (Lipinski definition) is 8. The van der Waals surface area contributed by atoms with Gasteiger partial charge in [0, 0.05) is 57.9 Å². The molecule has 11 nitrogen and oxygen atoms in total. The number of nitrogens with zero attached hydrogens (tertiary/aromatic N) is 7. The molecule has 1 fully saturated rings. The number of aliphatic imine (C=N–C) groups is 1. The third kappa shape index (κ3) is 6.08. The molecule has 1 unspecified atom stereocenters. The highest BCUT2D eigenvalue weighted by Crippen LogP contribution is 2.42. The number of imide groups is 1. The van der Waals surface area contributed by atoms with E-state index in [0.717, 1.165) is 86.4 Å². The molecule has 51 heavy (non-hydrogen) atoms. The predicted molar refractivity (Wildman–Crippen MR) is 191 cm³/mol. The van der Waals surface area contributed by atoms with Gasteiger partial charge in [0.2, 0.25) is 11.8 Å². The minimum Gasteiger partial charge on any atom is -0.322 e. The minimum atomic E-state index is -0.728. The van der Waals surface area contributed by atoms with Gasteiger partial charge in [0.25, 0.3) is 5.91 Å². The number of aromatic nitrogens is 5. The quantitative estimate of drug-likeness (QED) is 0.144. The van der Waals surface area contributed by atoms with Crippen LogP contribution in [0.15, 0.2) is 53.8 Å². The van der Waals surface area contributed by atoms with Crippen molar-refractivity contribution in [2.75, 3.05) is 0 Å². The van der Waals surface area contributed by atoms with Gasteiger partial charge in [-0.15, -0.1) is 21.5 Å². The fourth-order valence-electron chi connectivity index (χ4n) is 7.35. The molecule has 3 amide bonds. The van der Waals surface area contributed by atoms with Gasteiger partial charge < -0.3 is 4.90 Å². The molecule has 0 bridgehead atoms. The van der Waals surface area contributed by atoms with Crippen LogP contribution in [0.4, 0.5) is 4.39 Å². The van der Waals surface area contributed by atoms with Gasteiger partial charge in [-0.05, 0) is 80.5 Å². The lowest BCUT2D eigenvalue weighted by Crippen LogP contribution is -2.52. The summed E-state index contributed by atoms with van der Waals surface area (Å²) in [6, 6.07) is 9.78. The van der Waals surface area contributed by atoms with Crippen LogP contribution in [-0.2, 0) is 35.6 Å². The zero-order chi connectivity index (χ0) is 35.4. The number of unbranched alkanes of at least 4 members (excludes halogenated alkanes) is 2. The number of nitrogens with one attached hydrogen (secondary N) is 1. The number of piperidine rings is 1. The van der Waals surface area contributed by atoms with Crippen LogP contribution in [0.25, 0.3) is 15.4 Å². The lowest BCUT2D eigenvalue weighted by atomic mass is 9.98. The second-order valence-electron chi connectivity index (χ2n) is 13.2. The molecule has 3 aromatic heterocycles. The van der Waals surface area contributed by atoms with Crippen LogP contribution < -0.4 is 5.32 Å². The molecule has 3 aliphatic heterocycles. The smallest absolute Gasteiger partial charge is 0.255 e. The maximum absolute atomic E-state index is 14.6. The Kier molecular flexibility index (Phi) is 8.63. The number of carbonyl (C=O) groups excluding carboxylic acids is 3. The highest BCUT2D eigenvalue weighted by atomic mass is 35.5. The molecule has 1 saturated heterocycles. The first kappa shape index (κ1) is 33.2. The first-order chi connectivity index (χ1) is 24.7. The van der Waals surface area contributed by atoms with Crippen LogP contribution in [0.5, 0.6) is 0 Å². The van der Waals surface area contributed by atoms with Crippen molar-refractivity contribution >= 4 is 46.4 Å². The predicted octanol–water partition coefficient (Wildman–Crippen LogP) is 6.13. The van der Waals surface area contributed by atoms with Crippen LogP contribution in [0.1, 0.15) is 81.9 Å². The number of fused-ring (bicyclic) bond motifs is 4. The molecule has 0 spiro atoms. The molecule has 14 heteroatoms. The number of benzene rings is 2. The average molecular weight is 725 g/mol. The van der Waals surface area contributed by atoms with E-state index >= 15 is 0 Å². The molecule has 8 rings (SSSR count). The first-order valence-electron chi connectivity index (χ1n) is 17.0. The van der Waals surface area contributed by atoms with E-state index in [1.54, 1.807) is 11.3 Å². The summed E-state index contributed by atoms with van der Waals surface area (Å²) >= 11 is 7.89. The van der Waals surface area contributed by atoms with Gasteiger partial charge in [-0.1, -0.05) is 30.2 Å². The molecule has 3 aliphatic rings. The molecule has 0 saturated carbocycles. The summed E-state index contributed by atoms with van der Waals surface area (Å²) in [5, 5.41) is 17.5. The molecule has 1 N–H and O–H groups in total. The zero-order valence-electron chi connectivity index (χ0n) is 28.1. The summed E-state index contributed by atoms with van der Waals surface area (Å²) < 4.78 is 18.7. The summed E-state index contributed by atoms with van der Waals surface area (Å²) in [5.41, 5.74) is 6.94. The molecule has 0 radical (unpaired) electrons. The van der Waals surface area contributed by atoms with Crippen LogP contribution in [0.3, 0.4) is 0 Å². The minimum absolute atomic E-state index is 0.175. The van der Waals surface area contributed by atoms with Crippen LogP contribution in [0, 0.1) is 19.7 Å². The Morgan fingerprint density at radius 2 is 1.86 bits per heavy atom. The third-order valence-corrected chi connectivity index (χ3v) is 11.5. The SMILES string of the molecule is Cc1c(-c2cnn(CCCCCc3cc(F)cc4c3CN(C3CCC(=O)NC3=O)C4=O)c2)sc2c1C(c1ccc(Cl)cc1)=NCc1nnc(C)n1-2. The summed E-state index contributed by atoms with van der Waals surface area (Å²) in [5.74, 6) is -0.0368. The zero-order valence-corrected chi connectivity index (χ0v) is 29.7. The molecule has 260 valence electrons. The van der Waals surface area contributed by atoms with Crippen LogP contribution >= 0.6 is 22.9 Å². The maximum Gasteiger partial charge on any atom is 0.255 e. The Morgan fingerprint density at radius 1 is 1.04 bits per heavy atom. The largest absolute Gasteiger partial charge is 0.322 e. The maximum atomic E-state index is 14.6. The standard InChI is InChI=1S/C37H34ClFN8O3S/c1-20-32-33(22-7-9-25(38)10-8-22)40-17-30-44-43-21(2)47(30)37(32)51-34(20)24-16-41-45(18-24)13-5-3-4-6-23-14-26(39)15-27-28(23)19-46(36(27)50)29-11-12-31(48)42-35(29)49/h7-10,14-16,18,29H,3-6,11-13,17,19H2,1-2H3,(H,42,48,49). The molecule has 1 atom stereocenters. The molecular formula is C37H34ClFN8O3S. The average Bonchev–Trinajstić information content (AvgIpc) is 3.85. The number of amides is 3. The lowest BCUT2D eigenvalue weighted by Gasteiger charge is -2.29. The third-order valence-electron chi connectivity index (χ3n) is 9.90. The molecular weight excluding hydrogens is 691 g/mol. The van der Waals surface area contributed by atoms with E-state index in [-0.39, 0.29) is 31.2 Å². The Hall–Kier alpha value is -5.01. The highest BCUT2D eigenvalue weighted by molar-refractivity contribution is 7.18. The van der Waals surface area contributed by atoms with Crippen molar-refractivity contribution in [2.24, 2.45) is 4.99 Å². The number of carbonyl (C=O) groups is 3. The van der Waals surface area contributed by atoms with E-state index in [1.807, 2.05) is 42.1 Å². The van der Waals surface area contributed by atoms with Crippen molar-refractivity contribution < 1.29 is 18.8 Å². The van der Waals surface area contributed by atoms with Gasteiger partial charge in [0.1, 0.15) is 29.2 Å². The number of thiophene rings is 1. The fraction of sp³-hybridized carbons (Fsp3) is 0.324. The highest BCUT2D eigenvalue weighted by Gasteiger charge is 2.40. The van der Waals surface area contributed by atoms with Crippen molar-refractivity contribution in [1.82, 2.24) is 34.8 Å². The number of halogens is 2. The van der Waals surface area contributed by atoms with E-state index < -0.39 is 17.8 Å². The van der Waals surface area contributed by atoms with E-state index in [0.29, 0.717) is 23.6 Å². The van der Waals surface area contributed by atoms with Crippen molar-refractivity contribution in [3.8, 4) is 15.4 Å². The van der Waals surface area contributed by atoms with Crippen molar-refractivity contribution in [3.63, 3.8) is 0 Å². The molecule has 2 aromatic carbocycles. The summed E-state index contributed by atoms with van der Waals surface area (Å²) in [6.45, 7) is 5.46. The Balaban J connectivity index is 0.946. The second-order valence-corrected chi connectivity index (χ2v) is 14.6. The number of hydrogen-bond donors (Lipinski definition) is 1. The fourth-order valence-corrected chi connectivity index (χ4v) is 8.82. The van der Waals surface area contributed by atoms with Gasteiger partial charge >= 0.3 is 0 Å². The normalized spacial score (nSPS) is 16.9. The van der Waals surface area contributed by atoms with Crippen LogP contribution in [0.2, 0.25) is 5.02 Å². The van der Waals surface area contributed by atoms with E-state index in [2.05, 4.69) is 38.3 Å². The topological polar surface area (TPSA) is 127 Å². The van der Waals surface area contributed by atoms with Crippen LogP contribution in [-0.4, -0.2) is 58.9 Å². The Bertz CT molecular complexity index is 2260. The van der Waals surface area contributed by atoms with Gasteiger partial charge in [-0.25, -0.2) is 4.39 Å². The molecule has 0 aliphatic carbocycles. The summed E-state index contributed by atoms with van der Waals surface area (Å²) in [7, 11) is 0. The van der Waals surface area contributed by atoms with Gasteiger partial charge in [0.15, 0.2) is 5.82 Å². The number of rotatable bonds is 9. The Morgan fingerprint density at radius 3 is 2.67 bits per heavy atom. The molecule has 6 heterocycles. The van der Waals surface area contributed by atoms with Crippen molar-refractivity contribution in [1.29, 1.82) is 0 Å². The summed E-state index contributed by atoms with van der Waals surface area (Å²) in [4.78, 5) is 44.8.